The molecule has 3 atom stereocenters. The van der Waals surface area contributed by atoms with Gasteiger partial charge in [-0.15, -0.1) is 0 Å². The summed E-state index contributed by atoms with van der Waals surface area (Å²) in [7, 11) is 5.05. The summed E-state index contributed by atoms with van der Waals surface area (Å²) in [5.41, 5.74) is -0.961. The van der Waals surface area contributed by atoms with Gasteiger partial charge in [-0.3, -0.25) is 14.5 Å². The molecule has 0 saturated carbocycles. The van der Waals surface area contributed by atoms with Gasteiger partial charge in [0.05, 0.1) is 19.1 Å². The SMILES string of the molecule is COc1ccc2[nH]cc(C(=O)C3(C#N)C(c4ncc[nH]4)CN(C)C34C(=O)N(C)c3ccccc34)c2c1. The number of para-hydroxylation sites is 1. The molecule has 9 nitrogen and oxygen atoms in total. The molecule has 2 aliphatic heterocycles. The Morgan fingerprint density at radius 1 is 1.22 bits per heavy atom. The number of ketones is 1. The molecule has 1 spiro atoms. The summed E-state index contributed by atoms with van der Waals surface area (Å²) in [6, 6.07) is 15.2. The van der Waals surface area contributed by atoms with Gasteiger partial charge in [0.15, 0.2) is 16.7 Å². The number of aromatic amines is 2. The molecule has 0 bridgehead atoms. The number of nitriles is 1. The van der Waals surface area contributed by atoms with Crippen molar-refractivity contribution in [1.82, 2.24) is 19.9 Å². The number of Topliss-reactive ketones (excluding diaryl/α,β-unsaturated/α-hetero) is 1. The van der Waals surface area contributed by atoms with Gasteiger partial charge < -0.3 is 19.6 Å². The number of ether oxygens (including phenoxy) is 1. The Morgan fingerprint density at radius 3 is 2.75 bits per heavy atom. The molecule has 2 aliphatic rings. The Morgan fingerprint density at radius 2 is 2.03 bits per heavy atom. The lowest BCUT2D eigenvalue weighted by molar-refractivity contribution is -0.130. The molecule has 1 amide bonds. The van der Waals surface area contributed by atoms with Crippen molar-refractivity contribution in [2.24, 2.45) is 5.41 Å². The average molecular weight is 481 g/mol. The van der Waals surface area contributed by atoms with Gasteiger partial charge in [-0.05, 0) is 31.3 Å². The fraction of sp³-hybridized carbons (Fsp3) is 0.259. The van der Waals surface area contributed by atoms with Crippen molar-refractivity contribution in [3.63, 3.8) is 0 Å². The van der Waals surface area contributed by atoms with E-state index >= 15 is 0 Å². The van der Waals surface area contributed by atoms with E-state index in [4.69, 9.17) is 4.74 Å². The fourth-order valence-electron chi connectivity index (χ4n) is 6.31. The Bertz CT molecular complexity index is 1570. The van der Waals surface area contributed by atoms with Gasteiger partial charge in [0.1, 0.15) is 11.6 Å². The maximum atomic E-state index is 14.8. The third kappa shape index (κ3) is 2.44. The number of carbonyl (C=O) groups excluding carboxylic acids is 2. The largest absolute Gasteiger partial charge is 0.497 e. The van der Waals surface area contributed by atoms with Crippen molar-refractivity contribution < 1.29 is 14.3 Å². The quantitative estimate of drug-likeness (QED) is 0.433. The third-order valence-corrected chi connectivity index (χ3v) is 7.91. The zero-order chi connectivity index (χ0) is 25.2. The van der Waals surface area contributed by atoms with E-state index in [9.17, 15) is 14.9 Å². The van der Waals surface area contributed by atoms with Gasteiger partial charge in [-0.25, -0.2) is 4.98 Å². The number of benzene rings is 2. The van der Waals surface area contributed by atoms with Gasteiger partial charge in [-0.1, -0.05) is 18.2 Å². The lowest BCUT2D eigenvalue weighted by Crippen LogP contribution is -2.59. The monoisotopic (exact) mass is 480 g/mol. The molecule has 0 aliphatic carbocycles. The van der Waals surface area contributed by atoms with Crippen LogP contribution < -0.4 is 9.64 Å². The van der Waals surface area contributed by atoms with E-state index in [0.29, 0.717) is 33.8 Å². The minimum absolute atomic E-state index is 0.284. The van der Waals surface area contributed by atoms with Crippen LogP contribution >= 0.6 is 0 Å². The predicted molar refractivity (Wildman–Crippen MR) is 133 cm³/mol. The number of hydrogen-bond donors (Lipinski definition) is 2. The highest BCUT2D eigenvalue weighted by Crippen LogP contribution is 2.63. The maximum absolute atomic E-state index is 14.8. The summed E-state index contributed by atoms with van der Waals surface area (Å²) in [6.45, 7) is 0.284. The molecule has 2 N–H and O–H groups in total. The van der Waals surface area contributed by atoms with E-state index < -0.39 is 22.7 Å². The van der Waals surface area contributed by atoms with Crippen molar-refractivity contribution in [2.45, 2.75) is 11.5 Å². The molecule has 3 unspecified atom stereocenters. The average Bonchev–Trinajstić information content (AvgIpc) is 3.67. The molecule has 4 heterocycles. The first-order chi connectivity index (χ1) is 17.4. The number of carbonyl (C=O) groups is 2. The number of hydrogen-bond acceptors (Lipinski definition) is 6. The number of rotatable bonds is 4. The van der Waals surface area contributed by atoms with Crippen LogP contribution in [-0.2, 0) is 10.3 Å². The first kappa shape index (κ1) is 22.1. The molecular formula is C27H24N6O3. The molecule has 180 valence electrons. The number of nitrogens with zero attached hydrogens (tertiary/aromatic N) is 4. The minimum atomic E-state index is -1.81. The molecular weight excluding hydrogens is 456 g/mol. The van der Waals surface area contributed by atoms with Crippen molar-refractivity contribution >= 4 is 28.3 Å². The van der Waals surface area contributed by atoms with Gasteiger partial charge in [0, 0.05) is 59.9 Å². The lowest BCUT2D eigenvalue weighted by Gasteiger charge is -2.41. The Labute approximate surface area is 207 Å². The summed E-state index contributed by atoms with van der Waals surface area (Å²) in [6.07, 6.45) is 4.88. The van der Waals surface area contributed by atoms with E-state index in [1.165, 1.54) is 0 Å². The number of likely N-dealkylation sites (tertiary alicyclic amines) is 1. The van der Waals surface area contributed by atoms with Crippen LogP contribution in [0, 0.1) is 16.7 Å². The number of likely N-dealkylation sites (N-methyl/N-ethyl adjacent to an activating group) is 2. The van der Waals surface area contributed by atoms with E-state index in [2.05, 4.69) is 21.0 Å². The topological polar surface area (TPSA) is 118 Å². The van der Waals surface area contributed by atoms with Crippen LogP contribution in [-0.4, -0.2) is 59.3 Å². The predicted octanol–water partition coefficient (Wildman–Crippen LogP) is 3.19. The molecule has 2 aromatic heterocycles. The highest BCUT2D eigenvalue weighted by Gasteiger charge is 2.76. The van der Waals surface area contributed by atoms with E-state index in [1.807, 2.05) is 35.2 Å². The molecule has 36 heavy (non-hydrogen) atoms. The Kier molecular flexibility index (Phi) is 4.62. The number of amides is 1. The molecule has 0 radical (unpaired) electrons. The van der Waals surface area contributed by atoms with E-state index in [0.717, 1.165) is 5.52 Å². The number of imidazole rings is 1. The number of methoxy groups -OCH3 is 1. The van der Waals surface area contributed by atoms with Crippen LogP contribution in [0.5, 0.6) is 5.75 Å². The molecule has 4 aromatic rings. The summed E-state index contributed by atoms with van der Waals surface area (Å²) < 4.78 is 5.40. The molecule has 9 heteroatoms. The number of H-pyrrole nitrogens is 2. The van der Waals surface area contributed by atoms with Crippen LogP contribution in [0.25, 0.3) is 10.9 Å². The normalized spacial score (nSPS) is 25.4. The van der Waals surface area contributed by atoms with Gasteiger partial charge >= 0.3 is 0 Å². The van der Waals surface area contributed by atoms with Crippen LogP contribution in [0.2, 0.25) is 0 Å². The van der Waals surface area contributed by atoms with Crippen LogP contribution in [0.4, 0.5) is 5.69 Å². The fourth-order valence-corrected chi connectivity index (χ4v) is 6.31. The van der Waals surface area contributed by atoms with Crippen molar-refractivity contribution in [1.29, 1.82) is 5.26 Å². The second-order valence-corrected chi connectivity index (χ2v) is 9.36. The summed E-state index contributed by atoms with van der Waals surface area (Å²) >= 11 is 0. The number of aromatic nitrogens is 3. The molecule has 1 fully saturated rings. The Hall–Kier alpha value is -4.42. The summed E-state index contributed by atoms with van der Waals surface area (Å²) in [5, 5.41) is 11.7. The maximum Gasteiger partial charge on any atom is 0.254 e. The van der Waals surface area contributed by atoms with Gasteiger partial charge in [0.2, 0.25) is 0 Å². The van der Waals surface area contributed by atoms with Crippen LogP contribution in [0.3, 0.4) is 0 Å². The van der Waals surface area contributed by atoms with E-state index in [1.54, 1.807) is 56.8 Å². The zero-order valence-electron chi connectivity index (χ0n) is 20.1. The first-order valence-corrected chi connectivity index (χ1v) is 11.6. The van der Waals surface area contributed by atoms with Gasteiger partial charge in [0.25, 0.3) is 5.91 Å². The highest BCUT2D eigenvalue weighted by atomic mass is 16.5. The van der Waals surface area contributed by atoms with Crippen LogP contribution in [0.15, 0.2) is 61.1 Å². The van der Waals surface area contributed by atoms with Crippen molar-refractivity contribution in [2.75, 3.05) is 32.6 Å². The minimum Gasteiger partial charge on any atom is -0.497 e. The van der Waals surface area contributed by atoms with Crippen molar-refractivity contribution in [3.05, 3.63) is 78.0 Å². The number of fused-ring (bicyclic) bond motifs is 3. The number of anilines is 1. The number of nitrogens with one attached hydrogen (secondary N) is 2. The molecule has 2 aromatic carbocycles. The van der Waals surface area contributed by atoms with Crippen LogP contribution in [0.1, 0.15) is 27.7 Å². The Balaban J connectivity index is 1.69. The van der Waals surface area contributed by atoms with Crippen molar-refractivity contribution in [3.8, 4) is 11.8 Å². The zero-order valence-corrected chi connectivity index (χ0v) is 20.1. The second-order valence-electron chi connectivity index (χ2n) is 9.36. The second kappa shape index (κ2) is 7.54. The van der Waals surface area contributed by atoms with E-state index in [-0.39, 0.29) is 12.5 Å². The smallest absolute Gasteiger partial charge is 0.254 e. The summed E-state index contributed by atoms with van der Waals surface area (Å²) in [5.74, 6) is -0.355. The third-order valence-electron chi connectivity index (χ3n) is 7.91. The van der Waals surface area contributed by atoms with Gasteiger partial charge in [-0.2, -0.15) is 5.26 Å². The molecule has 6 rings (SSSR count). The first-order valence-electron chi connectivity index (χ1n) is 11.6. The molecule has 1 saturated heterocycles. The standard InChI is InChI=1S/C27H24N6O3/c1-32-14-20(24-29-10-11-30-24)26(15-28,27(32)19-6-4-5-7-22(19)33(2)25(27)35)23(34)18-13-31-21-9-8-16(36-3)12-17(18)21/h4-13,20,31H,14H2,1-3H3,(H,29,30). The highest BCUT2D eigenvalue weighted by molar-refractivity contribution is 6.19. The summed E-state index contributed by atoms with van der Waals surface area (Å²) in [4.78, 5) is 43.2. The lowest BCUT2D eigenvalue weighted by atomic mass is 9.59.